The van der Waals surface area contributed by atoms with Gasteiger partial charge in [0.25, 0.3) is 0 Å². The Morgan fingerprint density at radius 2 is 1.88 bits per heavy atom. The van der Waals surface area contributed by atoms with Crippen molar-refractivity contribution in [1.29, 1.82) is 0 Å². The van der Waals surface area contributed by atoms with Crippen LogP contribution in [0, 0.1) is 5.92 Å². The van der Waals surface area contributed by atoms with Crippen LogP contribution >= 0.6 is 11.6 Å². The van der Waals surface area contributed by atoms with E-state index < -0.39 is 22.2 Å². The summed E-state index contributed by atoms with van der Waals surface area (Å²) in [6, 6.07) is 10.7. The number of benzene rings is 2. The van der Waals surface area contributed by atoms with Crippen molar-refractivity contribution < 1.29 is 32.6 Å². The molecule has 13 heteroatoms. The van der Waals surface area contributed by atoms with Crippen LogP contribution in [0.15, 0.2) is 47.4 Å². The number of nitrogens with one attached hydrogen (secondary N) is 1. The lowest BCUT2D eigenvalue weighted by Gasteiger charge is -2.33. The SMILES string of the molecule is C[C@@H]1CN([C@H](C)CO)C(=O)Cc2cc(NC(=O)CCN3CCOCC3)ccc2O[C@H]1CN(C)S(=O)(=O)c1ccc(Cl)cc1. The van der Waals surface area contributed by atoms with E-state index >= 15 is 0 Å². The summed E-state index contributed by atoms with van der Waals surface area (Å²) in [6.45, 7) is 7.26. The number of aliphatic hydroxyl groups is 1. The normalized spacial score (nSPS) is 20.9. The van der Waals surface area contributed by atoms with Gasteiger partial charge in [-0.3, -0.25) is 14.5 Å². The highest BCUT2D eigenvalue weighted by Crippen LogP contribution is 2.30. The number of hydrogen-bond donors (Lipinski definition) is 2. The Balaban J connectivity index is 1.56. The molecular weight excluding hydrogens is 596 g/mol. The maximum absolute atomic E-state index is 13.5. The lowest BCUT2D eigenvalue weighted by atomic mass is 10.0. The lowest BCUT2D eigenvalue weighted by molar-refractivity contribution is -0.134. The van der Waals surface area contributed by atoms with Gasteiger partial charge >= 0.3 is 0 Å². The van der Waals surface area contributed by atoms with E-state index in [1.165, 1.54) is 35.6 Å². The Bertz CT molecular complexity index is 1370. The van der Waals surface area contributed by atoms with Gasteiger partial charge in [-0.25, -0.2) is 8.42 Å². The van der Waals surface area contributed by atoms with Crippen molar-refractivity contribution in [2.75, 3.05) is 64.9 Å². The van der Waals surface area contributed by atoms with Crippen molar-refractivity contribution >= 4 is 39.1 Å². The van der Waals surface area contributed by atoms with Crippen LogP contribution in [0.3, 0.4) is 0 Å². The Kier molecular flexibility index (Phi) is 11.4. The number of fused-ring (bicyclic) bond motifs is 1. The van der Waals surface area contributed by atoms with Crippen LogP contribution in [-0.4, -0.2) is 111 Å². The molecule has 11 nitrogen and oxygen atoms in total. The zero-order valence-electron chi connectivity index (χ0n) is 24.9. The highest BCUT2D eigenvalue weighted by molar-refractivity contribution is 7.89. The highest BCUT2D eigenvalue weighted by atomic mass is 35.5. The van der Waals surface area contributed by atoms with Gasteiger partial charge < -0.3 is 24.8 Å². The maximum atomic E-state index is 13.5. The second-order valence-electron chi connectivity index (χ2n) is 11.2. The molecule has 3 atom stereocenters. The average molecular weight is 637 g/mol. The van der Waals surface area contributed by atoms with Crippen molar-refractivity contribution in [3.63, 3.8) is 0 Å². The first-order valence-electron chi connectivity index (χ1n) is 14.5. The van der Waals surface area contributed by atoms with Crippen LogP contribution in [-0.2, 0) is 30.8 Å². The number of halogens is 1. The topological polar surface area (TPSA) is 129 Å². The van der Waals surface area contributed by atoms with Crippen LogP contribution in [0.5, 0.6) is 5.75 Å². The van der Waals surface area contributed by atoms with E-state index in [0.29, 0.717) is 48.2 Å². The number of anilines is 1. The summed E-state index contributed by atoms with van der Waals surface area (Å²) < 4.78 is 39.7. The smallest absolute Gasteiger partial charge is 0.242 e. The zero-order valence-corrected chi connectivity index (χ0v) is 26.4. The minimum absolute atomic E-state index is 0.00445. The molecule has 0 saturated carbocycles. The molecule has 4 rings (SSSR count). The van der Waals surface area contributed by atoms with E-state index in [1.807, 2.05) is 6.92 Å². The van der Waals surface area contributed by atoms with E-state index in [-0.39, 0.29) is 48.7 Å². The van der Waals surface area contributed by atoms with Crippen molar-refractivity contribution in [3.8, 4) is 5.75 Å². The van der Waals surface area contributed by atoms with Gasteiger partial charge in [0.1, 0.15) is 11.9 Å². The molecule has 1 saturated heterocycles. The molecule has 2 aromatic carbocycles. The number of carbonyl (C=O) groups excluding carboxylic acids is 2. The van der Waals surface area contributed by atoms with Gasteiger partial charge in [0, 0.05) is 61.8 Å². The second-order valence-corrected chi connectivity index (χ2v) is 13.7. The second kappa shape index (κ2) is 14.8. The molecule has 43 heavy (non-hydrogen) atoms. The standard InChI is InChI=1S/C30H41ClN4O7S/c1-21-18-35(22(2)20-36)30(38)17-23-16-25(32-29(37)10-11-34-12-14-41-15-13-34)6-9-27(23)42-28(21)19-33(3)43(39,40)26-7-4-24(31)5-8-26/h4-9,16,21-22,28,36H,10-15,17-20H2,1-3H3,(H,32,37)/t21-,22-,28+/m1/s1. The first-order valence-corrected chi connectivity index (χ1v) is 16.3. The Morgan fingerprint density at radius 1 is 1.19 bits per heavy atom. The summed E-state index contributed by atoms with van der Waals surface area (Å²) in [4.78, 5) is 30.1. The molecule has 2 heterocycles. The zero-order chi connectivity index (χ0) is 31.1. The molecule has 0 aliphatic carbocycles. The Labute approximate surface area is 258 Å². The molecule has 0 spiro atoms. The molecule has 236 valence electrons. The van der Waals surface area contributed by atoms with Gasteiger partial charge in [0.05, 0.1) is 43.7 Å². The number of aliphatic hydroxyl groups excluding tert-OH is 1. The third kappa shape index (κ3) is 8.68. The summed E-state index contributed by atoms with van der Waals surface area (Å²) in [5.74, 6) is -0.187. The molecule has 2 aliphatic rings. The van der Waals surface area contributed by atoms with Gasteiger partial charge in [0.2, 0.25) is 21.8 Å². The van der Waals surface area contributed by atoms with Crippen molar-refractivity contribution in [2.45, 2.75) is 43.7 Å². The molecule has 0 radical (unpaired) electrons. The van der Waals surface area contributed by atoms with Gasteiger partial charge in [-0.2, -0.15) is 4.31 Å². The number of carbonyl (C=O) groups is 2. The maximum Gasteiger partial charge on any atom is 0.242 e. The van der Waals surface area contributed by atoms with Crippen molar-refractivity contribution in [3.05, 3.63) is 53.1 Å². The molecule has 0 bridgehead atoms. The molecule has 2 aromatic rings. The molecule has 2 amide bonds. The van der Waals surface area contributed by atoms with E-state index in [0.717, 1.165) is 13.1 Å². The molecular formula is C30H41ClN4O7S. The fraction of sp³-hybridized carbons (Fsp3) is 0.533. The number of sulfonamides is 1. The minimum Gasteiger partial charge on any atom is -0.488 e. The first kappa shape index (κ1) is 33.2. The van der Waals surface area contributed by atoms with Gasteiger partial charge in [-0.05, 0) is 49.4 Å². The number of likely N-dealkylation sites (N-methyl/N-ethyl adjacent to an activating group) is 1. The summed E-state index contributed by atoms with van der Waals surface area (Å²) in [5.41, 5.74) is 1.10. The number of rotatable bonds is 10. The number of morpholine rings is 1. The number of hydrogen-bond acceptors (Lipinski definition) is 8. The monoisotopic (exact) mass is 636 g/mol. The fourth-order valence-electron chi connectivity index (χ4n) is 5.17. The quantitative estimate of drug-likeness (QED) is 0.407. The lowest BCUT2D eigenvalue weighted by Crippen LogP contribution is -2.48. The number of nitrogens with zero attached hydrogens (tertiary/aromatic N) is 3. The Hall–Kier alpha value is -2.74. The van der Waals surface area contributed by atoms with E-state index in [4.69, 9.17) is 21.1 Å². The van der Waals surface area contributed by atoms with E-state index in [9.17, 15) is 23.1 Å². The molecule has 1 fully saturated rings. The molecule has 0 aromatic heterocycles. The summed E-state index contributed by atoms with van der Waals surface area (Å²) in [7, 11) is -2.36. The third-order valence-electron chi connectivity index (χ3n) is 7.92. The highest BCUT2D eigenvalue weighted by Gasteiger charge is 2.33. The molecule has 2 N–H and O–H groups in total. The van der Waals surface area contributed by atoms with Crippen molar-refractivity contribution in [1.82, 2.24) is 14.1 Å². The van der Waals surface area contributed by atoms with Crippen LogP contribution in [0.1, 0.15) is 25.8 Å². The Morgan fingerprint density at radius 3 is 2.56 bits per heavy atom. The van der Waals surface area contributed by atoms with Crippen molar-refractivity contribution in [2.24, 2.45) is 5.92 Å². The number of amides is 2. The summed E-state index contributed by atoms with van der Waals surface area (Å²) in [5, 5.41) is 13.2. The third-order valence-corrected chi connectivity index (χ3v) is 10.0. The average Bonchev–Trinajstić information content (AvgIpc) is 3.03. The predicted molar refractivity (Wildman–Crippen MR) is 164 cm³/mol. The predicted octanol–water partition coefficient (Wildman–Crippen LogP) is 2.47. The van der Waals surface area contributed by atoms with Gasteiger partial charge in [-0.1, -0.05) is 18.5 Å². The summed E-state index contributed by atoms with van der Waals surface area (Å²) >= 11 is 5.96. The first-order chi connectivity index (χ1) is 20.5. The number of ether oxygens (including phenoxy) is 2. The van der Waals surface area contributed by atoms with Crippen LogP contribution < -0.4 is 10.1 Å². The van der Waals surface area contributed by atoms with Gasteiger partial charge in [0.15, 0.2) is 0 Å². The summed E-state index contributed by atoms with van der Waals surface area (Å²) in [6.07, 6.45) is -0.309. The van der Waals surface area contributed by atoms with Crippen LogP contribution in [0.2, 0.25) is 5.02 Å². The largest absolute Gasteiger partial charge is 0.488 e. The fourth-order valence-corrected chi connectivity index (χ4v) is 6.48. The van der Waals surface area contributed by atoms with E-state index in [2.05, 4.69) is 10.2 Å². The molecule has 0 unspecified atom stereocenters. The van der Waals surface area contributed by atoms with Crippen LogP contribution in [0.25, 0.3) is 0 Å². The van der Waals surface area contributed by atoms with E-state index in [1.54, 1.807) is 30.0 Å². The van der Waals surface area contributed by atoms with Gasteiger partial charge in [-0.15, -0.1) is 0 Å². The molecule has 2 aliphatic heterocycles. The van der Waals surface area contributed by atoms with Crippen LogP contribution in [0.4, 0.5) is 5.69 Å². The minimum atomic E-state index is -3.85.